The molecule has 3 aromatic carbocycles. The second-order valence-electron chi connectivity index (χ2n) is 9.11. The van der Waals surface area contributed by atoms with Gasteiger partial charge in [0.2, 0.25) is 5.91 Å². The van der Waals surface area contributed by atoms with Crippen molar-refractivity contribution in [2.75, 3.05) is 23.1 Å². The molecule has 1 heterocycles. The van der Waals surface area contributed by atoms with Crippen LogP contribution in [-0.2, 0) is 21.4 Å². The molecule has 8 heteroatoms. The highest BCUT2D eigenvalue weighted by Crippen LogP contribution is 2.24. The van der Waals surface area contributed by atoms with Crippen molar-refractivity contribution in [2.45, 2.75) is 38.1 Å². The normalized spacial score (nSPS) is 15.1. The molecule has 6 nitrogen and oxygen atoms in total. The maximum absolute atomic E-state index is 12.8. The minimum atomic E-state index is -3.72. The molecule has 0 unspecified atom stereocenters. The number of hydrogen-bond acceptors (Lipinski definition) is 4. The summed E-state index contributed by atoms with van der Waals surface area (Å²) < 4.78 is 28.2. The summed E-state index contributed by atoms with van der Waals surface area (Å²) >= 11 is 5.96. The molecule has 35 heavy (non-hydrogen) atoms. The van der Waals surface area contributed by atoms with Gasteiger partial charge in [0.05, 0.1) is 10.6 Å². The SMILES string of the molecule is Cc1ccc(NS(=O)(=O)c2ccc(NC(=O)C3CCN(Cc4ccc(Cl)cc4)CC3)cc2)c(C)c1. The summed E-state index contributed by atoms with van der Waals surface area (Å²) in [5.74, 6) is -0.0915. The van der Waals surface area contributed by atoms with E-state index in [2.05, 4.69) is 14.9 Å². The number of nitrogens with one attached hydrogen (secondary N) is 2. The topological polar surface area (TPSA) is 78.5 Å². The van der Waals surface area contributed by atoms with Crippen molar-refractivity contribution >= 4 is 38.9 Å². The molecular formula is C27H30ClN3O3S. The van der Waals surface area contributed by atoms with Crippen molar-refractivity contribution in [3.05, 3.63) is 88.4 Å². The third-order valence-corrected chi connectivity index (χ3v) is 7.97. The van der Waals surface area contributed by atoms with Gasteiger partial charge in [-0.15, -0.1) is 0 Å². The summed E-state index contributed by atoms with van der Waals surface area (Å²) in [5, 5.41) is 3.67. The number of carbonyl (C=O) groups is 1. The Morgan fingerprint density at radius 2 is 1.63 bits per heavy atom. The molecule has 0 bridgehead atoms. The first kappa shape index (κ1) is 25.2. The minimum Gasteiger partial charge on any atom is -0.326 e. The van der Waals surface area contributed by atoms with Gasteiger partial charge in [-0.1, -0.05) is 41.4 Å². The molecule has 4 rings (SSSR count). The molecule has 0 radical (unpaired) electrons. The monoisotopic (exact) mass is 511 g/mol. The van der Waals surface area contributed by atoms with E-state index in [1.807, 2.05) is 50.2 Å². The van der Waals surface area contributed by atoms with Crippen molar-refractivity contribution in [3.8, 4) is 0 Å². The molecular weight excluding hydrogens is 482 g/mol. The maximum Gasteiger partial charge on any atom is 0.261 e. The molecule has 2 N–H and O–H groups in total. The van der Waals surface area contributed by atoms with Gasteiger partial charge < -0.3 is 5.32 Å². The Morgan fingerprint density at radius 3 is 2.26 bits per heavy atom. The van der Waals surface area contributed by atoms with E-state index >= 15 is 0 Å². The lowest BCUT2D eigenvalue weighted by molar-refractivity contribution is -0.121. The Morgan fingerprint density at radius 1 is 0.971 bits per heavy atom. The van der Waals surface area contributed by atoms with Crippen LogP contribution in [0.25, 0.3) is 0 Å². The lowest BCUT2D eigenvalue weighted by atomic mass is 9.95. The molecule has 1 aliphatic heterocycles. The molecule has 1 amide bonds. The van der Waals surface area contributed by atoms with Gasteiger partial charge in [0.15, 0.2) is 0 Å². The number of anilines is 2. The van der Waals surface area contributed by atoms with Gasteiger partial charge in [0, 0.05) is 23.2 Å². The molecule has 184 valence electrons. The zero-order valence-electron chi connectivity index (χ0n) is 19.9. The van der Waals surface area contributed by atoms with Gasteiger partial charge in [-0.2, -0.15) is 0 Å². The van der Waals surface area contributed by atoms with Crippen LogP contribution < -0.4 is 10.0 Å². The minimum absolute atomic E-state index is 0.0276. The van der Waals surface area contributed by atoms with E-state index in [0.717, 1.165) is 48.6 Å². The first-order valence-corrected chi connectivity index (χ1v) is 13.5. The van der Waals surface area contributed by atoms with Crippen molar-refractivity contribution < 1.29 is 13.2 Å². The van der Waals surface area contributed by atoms with Crippen LogP contribution >= 0.6 is 11.6 Å². The molecule has 0 spiro atoms. The third kappa shape index (κ3) is 6.63. The number of hydrogen-bond donors (Lipinski definition) is 2. The van der Waals surface area contributed by atoms with Crippen LogP contribution in [0.2, 0.25) is 5.02 Å². The van der Waals surface area contributed by atoms with Gasteiger partial charge in [-0.3, -0.25) is 14.4 Å². The largest absolute Gasteiger partial charge is 0.326 e. The molecule has 0 aliphatic carbocycles. The quantitative estimate of drug-likeness (QED) is 0.432. The van der Waals surface area contributed by atoms with E-state index in [4.69, 9.17) is 11.6 Å². The predicted molar refractivity (Wildman–Crippen MR) is 141 cm³/mol. The number of aryl methyl sites for hydroxylation is 2. The summed E-state index contributed by atoms with van der Waals surface area (Å²) in [4.78, 5) is 15.3. The number of benzene rings is 3. The Hall–Kier alpha value is -2.87. The standard InChI is InChI=1S/C27H30ClN3O3S/c1-19-3-12-26(20(2)17-19)30-35(33,34)25-10-8-24(9-11-25)29-27(32)22-13-15-31(16-14-22)18-21-4-6-23(28)7-5-21/h3-12,17,22,30H,13-16,18H2,1-2H3,(H,29,32). The summed E-state index contributed by atoms with van der Waals surface area (Å²) in [6.07, 6.45) is 1.57. The number of nitrogens with zero attached hydrogens (tertiary/aromatic N) is 1. The molecule has 1 aliphatic rings. The third-order valence-electron chi connectivity index (χ3n) is 6.34. The van der Waals surface area contributed by atoms with E-state index in [1.165, 1.54) is 17.7 Å². The van der Waals surface area contributed by atoms with Gasteiger partial charge in [-0.25, -0.2) is 8.42 Å². The fourth-order valence-electron chi connectivity index (χ4n) is 4.29. The van der Waals surface area contributed by atoms with Crippen LogP contribution in [0.4, 0.5) is 11.4 Å². The highest BCUT2D eigenvalue weighted by molar-refractivity contribution is 7.92. The van der Waals surface area contributed by atoms with Crippen LogP contribution in [0.3, 0.4) is 0 Å². The van der Waals surface area contributed by atoms with Crippen molar-refractivity contribution in [3.63, 3.8) is 0 Å². The molecule has 0 aromatic heterocycles. The van der Waals surface area contributed by atoms with Crippen LogP contribution in [0, 0.1) is 19.8 Å². The van der Waals surface area contributed by atoms with Crippen LogP contribution in [0.5, 0.6) is 0 Å². The van der Waals surface area contributed by atoms with E-state index in [0.29, 0.717) is 11.4 Å². The first-order chi connectivity index (χ1) is 16.7. The molecule has 1 saturated heterocycles. The molecule has 0 atom stereocenters. The second-order valence-corrected chi connectivity index (χ2v) is 11.2. The fraction of sp³-hybridized carbons (Fsp3) is 0.296. The molecule has 3 aromatic rings. The van der Waals surface area contributed by atoms with E-state index < -0.39 is 10.0 Å². The van der Waals surface area contributed by atoms with E-state index in [-0.39, 0.29) is 16.7 Å². The predicted octanol–water partition coefficient (Wildman–Crippen LogP) is 5.61. The number of piperidine rings is 1. The Bertz CT molecular complexity index is 1280. The zero-order valence-corrected chi connectivity index (χ0v) is 21.5. The number of likely N-dealkylation sites (tertiary alicyclic amines) is 1. The lowest BCUT2D eigenvalue weighted by Crippen LogP contribution is -2.37. The Balaban J connectivity index is 1.30. The summed E-state index contributed by atoms with van der Waals surface area (Å²) in [7, 11) is -3.72. The van der Waals surface area contributed by atoms with Gasteiger partial charge in [0.1, 0.15) is 0 Å². The summed E-state index contributed by atoms with van der Waals surface area (Å²) in [5.41, 5.74) is 4.27. The van der Waals surface area contributed by atoms with Crippen LogP contribution in [-0.4, -0.2) is 32.3 Å². The van der Waals surface area contributed by atoms with Crippen molar-refractivity contribution in [1.82, 2.24) is 4.90 Å². The smallest absolute Gasteiger partial charge is 0.261 e. The number of rotatable bonds is 7. The highest BCUT2D eigenvalue weighted by Gasteiger charge is 2.25. The number of amides is 1. The number of sulfonamides is 1. The van der Waals surface area contributed by atoms with E-state index in [9.17, 15) is 13.2 Å². The zero-order chi connectivity index (χ0) is 25.0. The van der Waals surface area contributed by atoms with Gasteiger partial charge in [-0.05, 0) is 93.4 Å². The first-order valence-electron chi connectivity index (χ1n) is 11.7. The van der Waals surface area contributed by atoms with Crippen LogP contribution in [0.1, 0.15) is 29.5 Å². The lowest BCUT2D eigenvalue weighted by Gasteiger charge is -2.31. The average Bonchev–Trinajstić information content (AvgIpc) is 2.83. The Kier molecular flexibility index (Phi) is 7.79. The van der Waals surface area contributed by atoms with Crippen molar-refractivity contribution in [2.24, 2.45) is 5.92 Å². The Labute approximate surface area is 212 Å². The second kappa shape index (κ2) is 10.8. The maximum atomic E-state index is 12.8. The van der Waals surface area contributed by atoms with E-state index in [1.54, 1.807) is 18.2 Å². The van der Waals surface area contributed by atoms with Crippen molar-refractivity contribution in [1.29, 1.82) is 0 Å². The fourth-order valence-corrected chi connectivity index (χ4v) is 5.55. The highest BCUT2D eigenvalue weighted by atomic mass is 35.5. The average molecular weight is 512 g/mol. The van der Waals surface area contributed by atoms with Gasteiger partial charge in [0.25, 0.3) is 10.0 Å². The summed E-state index contributed by atoms with van der Waals surface area (Å²) in [6, 6.07) is 19.7. The molecule has 1 fully saturated rings. The van der Waals surface area contributed by atoms with Gasteiger partial charge >= 0.3 is 0 Å². The van der Waals surface area contributed by atoms with Crippen LogP contribution in [0.15, 0.2) is 71.6 Å². The number of halogens is 1. The number of carbonyl (C=O) groups excluding carboxylic acids is 1. The molecule has 0 saturated carbocycles. The summed E-state index contributed by atoms with van der Waals surface area (Å²) in [6.45, 7) is 6.37.